The van der Waals surface area contributed by atoms with E-state index in [-0.39, 0.29) is 0 Å². The zero-order valence-corrected chi connectivity index (χ0v) is 12.2. The molecule has 0 aliphatic heterocycles. The van der Waals surface area contributed by atoms with Gasteiger partial charge in [0.05, 0.1) is 5.56 Å². The van der Waals surface area contributed by atoms with Gasteiger partial charge in [-0.2, -0.15) is 4.98 Å². The van der Waals surface area contributed by atoms with Gasteiger partial charge in [-0.25, -0.2) is 0 Å². The van der Waals surface area contributed by atoms with E-state index in [9.17, 15) is 0 Å². The van der Waals surface area contributed by atoms with Crippen molar-refractivity contribution >= 4 is 17.3 Å². The smallest absolute Gasteiger partial charge is 0.260 e. The zero-order chi connectivity index (χ0) is 14.1. The molecule has 2 aromatic rings. The molecule has 1 aromatic heterocycles. The summed E-state index contributed by atoms with van der Waals surface area (Å²) in [6.45, 7) is 2.24. The van der Waals surface area contributed by atoms with Crippen LogP contribution in [0.2, 0.25) is 5.02 Å². The Balaban J connectivity index is 1.83. The first kappa shape index (κ1) is 13.4. The third-order valence-corrected chi connectivity index (χ3v) is 4.40. The molecule has 1 aliphatic carbocycles. The second kappa shape index (κ2) is 5.44. The van der Waals surface area contributed by atoms with Crippen LogP contribution in [-0.4, -0.2) is 10.1 Å². The number of hydrogen-bond acceptors (Lipinski definition) is 4. The molecule has 0 radical (unpaired) electrons. The van der Waals surface area contributed by atoms with E-state index in [1.54, 1.807) is 12.1 Å². The van der Waals surface area contributed by atoms with Crippen LogP contribution in [0.1, 0.15) is 44.3 Å². The number of nitrogens with two attached hydrogens (primary N) is 1. The van der Waals surface area contributed by atoms with Crippen LogP contribution in [0.4, 0.5) is 5.69 Å². The fourth-order valence-corrected chi connectivity index (χ4v) is 3.10. The van der Waals surface area contributed by atoms with Crippen molar-refractivity contribution in [3.63, 3.8) is 0 Å². The maximum Gasteiger partial charge on any atom is 0.260 e. The highest BCUT2D eigenvalue weighted by Gasteiger charge is 2.28. The summed E-state index contributed by atoms with van der Waals surface area (Å²) in [6.07, 6.45) is 4.79. The van der Waals surface area contributed by atoms with Crippen molar-refractivity contribution < 1.29 is 4.52 Å². The maximum atomic E-state index is 5.95. The van der Waals surface area contributed by atoms with E-state index in [0.29, 0.717) is 22.5 Å². The summed E-state index contributed by atoms with van der Waals surface area (Å²) in [7, 11) is 0. The second-order valence-corrected chi connectivity index (χ2v) is 5.91. The number of nitrogens with zero attached hydrogens (tertiary/aromatic N) is 2. The molecule has 1 aromatic carbocycles. The number of hydrogen-bond donors (Lipinski definition) is 1. The molecule has 4 nitrogen and oxygen atoms in total. The molecule has 2 atom stereocenters. The fraction of sp³-hybridized carbons (Fsp3) is 0.467. The molecule has 5 heteroatoms. The van der Waals surface area contributed by atoms with Crippen molar-refractivity contribution in [3.8, 4) is 11.5 Å². The van der Waals surface area contributed by atoms with Gasteiger partial charge in [-0.1, -0.05) is 30.1 Å². The van der Waals surface area contributed by atoms with Gasteiger partial charge in [0, 0.05) is 16.6 Å². The van der Waals surface area contributed by atoms with Crippen LogP contribution < -0.4 is 5.73 Å². The number of benzene rings is 1. The van der Waals surface area contributed by atoms with E-state index in [1.165, 1.54) is 12.8 Å². The lowest BCUT2D eigenvalue weighted by atomic mass is 10.0. The first-order valence-electron chi connectivity index (χ1n) is 7.06. The lowest BCUT2D eigenvalue weighted by Gasteiger charge is -2.04. The van der Waals surface area contributed by atoms with Crippen molar-refractivity contribution in [2.45, 2.75) is 38.5 Å². The standard InChI is InChI=1S/C15H18ClN3O/c1-2-9-3-4-10(7-9)14-18-15(20-19-14)12-6-5-11(16)8-13(12)17/h5-6,8-10H,2-4,7,17H2,1H3. The zero-order valence-electron chi connectivity index (χ0n) is 11.5. The highest BCUT2D eigenvalue weighted by atomic mass is 35.5. The van der Waals surface area contributed by atoms with E-state index in [4.69, 9.17) is 21.9 Å². The predicted molar refractivity (Wildman–Crippen MR) is 79.5 cm³/mol. The number of rotatable bonds is 3. The SMILES string of the molecule is CCC1CCC(c2noc(-c3ccc(Cl)cc3N)n2)C1. The summed E-state index contributed by atoms with van der Waals surface area (Å²) in [4.78, 5) is 4.52. The quantitative estimate of drug-likeness (QED) is 0.858. The number of aromatic nitrogens is 2. The third kappa shape index (κ3) is 2.52. The Kier molecular flexibility index (Phi) is 3.66. The Bertz CT molecular complexity index is 611. The molecule has 1 heterocycles. The van der Waals surface area contributed by atoms with E-state index in [2.05, 4.69) is 17.1 Å². The van der Waals surface area contributed by atoms with Crippen molar-refractivity contribution in [2.24, 2.45) is 5.92 Å². The van der Waals surface area contributed by atoms with Gasteiger partial charge < -0.3 is 10.3 Å². The summed E-state index contributed by atoms with van der Waals surface area (Å²) in [5.41, 5.74) is 7.26. The minimum atomic E-state index is 0.422. The molecular weight excluding hydrogens is 274 g/mol. The summed E-state index contributed by atoms with van der Waals surface area (Å²) in [5.74, 6) is 2.51. The van der Waals surface area contributed by atoms with Crippen LogP contribution in [0.5, 0.6) is 0 Å². The molecule has 2 unspecified atom stereocenters. The van der Waals surface area contributed by atoms with Gasteiger partial charge in [0.2, 0.25) is 0 Å². The summed E-state index contributed by atoms with van der Waals surface area (Å²) >= 11 is 5.90. The molecule has 0 amide bonds. The molecule has 2 N–H and O–H groups in total. The van der Waals surface area contributed by atoms with Gasteiger partial charge in [0.1, 0.15) is 0 Å². The first-order chi connectivity index (χ1) is 9.67. The highest BCUT2D eigenvalue weighted by Crippen LogP contribution is 2.39. The van der Waals surface area contributed by atoms with Crippen LogP contribution in [0, 0.1) is 5.92 Å². The second-order valence-electron chi connectivity index (χ2n) is 5.47. The maximum absolute atomic E-state index is 5.95. The molecule has 20 heavy (non-hydrogen) atoms. The van der Waals surface area contributed by atoms with Gasteiger partial charge in [-0.15, -0.1) is 0 Å². The van der Waals surface area contributed by atoms with Crippen LogP contribution in [0.3, 0.4) is 0 Å². The molecule has 1 saturated carbocycles. The van der Waals surface area contributed by atoms with Crippen LogP contribution in [-0.2, 0) is 0 Å². The van der Waals surface area contributed by atoms with Crippen molar-refractivity contribution in [2.75, 3.05) is 5.73 Å². The fourth-order valence-electron chi connectivity index (χ4n) is 2.92. The van der Waals surface area contributed by atoms with E-state index >= 15 is 0 Å². The minimum Gasteiger partial charge on any atom is -0.398 e. The molecule has 0 spiro atoms. The van der Waals surface area contributed by atoms with Gasteiger partial charge in [-0.05, 0) is 43.4 Å². The average molecular weight is 292 g/mol. The normalized spacial score (nSPS) is 22.3. The Labute approximate surface area is 123 Å². The Morgan fingerprint density at radius 1 is 1.40 bits per heavy atom. The van der Waals surface area contributed by atoms with Crippen molar-refractivity contribution in [3.05, 3.63) is 29.0 Å². The molecule has 1 fully saturated rings. The van der Waals surface area contributed by atoms with Crippen LogP contribution >= 0.6 is 11.6 Å². The number of halogens is 1. The summed E-state index contributed by atoms with van der Waals surface area (Å²) < 4.78 is 5.37. The third-order valence-electron chi connectivity index (χ3n) is 4.17. The summed E-state index contributed by atoms with van der Waals surface area (Å²) in [6, 6.07) is 5.29. The Morgan fingerprint density at radius 2 is 2.25 bits per heavy atom. The number of nitrogen functional groups attached to an aromatic ring is 1. The molecule has 1 aliphatic rings. The first-order valence-corrected chi connectivity index (χ1v) is 7.44. The van der Waals surface area contributed by atoms with E-state index in [0.717, 1.165) is 30.1 Å². The highest BCUT2D eigenvalue weighted by molar-refractivity contribution is 6.31. The minimum absolute atomic E-state index is 0.422. The number of anilines is 1. The summed E-state index contributed by atoms with van der Waals surface area (Å²) in [5, 5.41) is 4.74. The molecule has 106 valence electrons. The molecule has 3 rings (SSSR count). The van der Waals surface area contributed by atoms with Crippen LogP contribution in [0.15, 0.2) is 22.7 Å². The van der Waals surface area contributed by atoms with Gasteiger partial charge in [0.25, 0.3) is 5.89 Å². The molecule has 0 saturated heterocycles. The van der Waals surface area contributed by atoms with Crippen molar-refractivity contribution in [1.29, 1.82) is 0 Å². The van der Waals surface area contributed by atoms with Gasteiger partial charge in [-0.3, -0.25) is 0 Å². The Hall–Kier alpha value is -1.55. The van der Waals surface area contributed by atoms with Gasteiger partial charge >= 0.3 is 0 Å². The lowest BCUT2D eigenvalue weighted by Crippen LogP contribution is -1.97. The molecule has 0 bridgehead atoms. The van der Waals surface area contributed by atoms with Crippen LogP contribution in [0.25, 0.3) is 11.5 Å². The predicted octanol–water partition coefficient (Wildman–Crippen LogP) is 4.27. The van der Waals surface area contributed by atoms with Gasteiger partial charge in [0.15, 0.2) is 5.82 Å². The van der Waals surface area contributed by atoms with E-state index < -0.39 is 0 Å². The topological polar surface area (TPSA) is 64.9 Å². The average Bonchev–Trinajstić information content (AvgIpc) is 3.07. The Morgan fingerprint density at radius 3 is 2.95 bits per heavy atom. The van der Waals surface area contributed by atoms with E-state index in [1.807, 2.05) is 6.07 Å². The van der Waals surface area contributed by atoms with Crippen molar-refractivity contribution in [1.82, 2.24) is 10.1 Å². The largest absolute Gasteiger partial charge is 0.398 e. The monoisotopic (exact) mass is 291 g/mol. The molecular formula is C15H18ClN3O. The lowest BCUT2D eigenvalue weighted by molar-refractivity contribution is 0.414.